The van der Waals surface area contributed by atoms with Crippen LogP contribution in [0.5, 0.6) is 0 Å². The maximum Gasteiger partial charge on any atom is 0.0568 e. The normalized spacial score (nSPS) is 14.3. The van der Waals surface area contributed by atoms with Gasteiger partial charge in [-0.05, 0) is 27.3 Å². The molecule has 2 nitrogen and oxygen atoms in total. The molecule has 0 spiro atoms. The van der Waals surface area contributed by atoms with Gasteiger partial charge >= 0.3 is 0 Å². The van der Waals surface area contributed by atoms with Crippen LogP contribution in [0.3, 0.4) is 0 Å². The fraction of sp³-hybridized carbons (Fsp3) is 1.00. The fourth-order valence-electron chi connectivity index (χ4n) is 0.808. The highest BCUT2D eigenvalue weighted by Crippen LogP contribution is 1.86. The maximum atomic E-state index is 3.37. The van der Waals surface area contributed by atoms with Crippen LogP contribution in [0.4, 0.5) is 0 Å². The molecule has 2 N–H and O–H groups in total. The molecule has 0 aliphatic heterocycles. The van der Waals surface area contributed by atoms with Gasteiger partial charge in [-0.2, -0.15) is 0 Å². The average Bonchev–Trinajstić information content (AvgIpc) is 1.82. The second-order valence-electron chi connectivity index (χ2n) is 2.57. The molecule has 0 saturated carbocycles. The third kappa shape index (κ3) is 4.43. The molecule has 0 radical (unpaired) electrons. The van der Waals surface area contributed by atoms with Crippen molar-refractivity contribution in [3.63, 3.8) is 0 Å². The summed E-state index contributed by atoms with van der Waals surface area (Å²) in [5, 5.41) is 6.54. The maximum absolute atomic E-state index is 3.37. The second kappa shape index (κ2) is 4.77. The molecule has 0 heterocycles. The van der Waals surface area contributed by atoms with Gasteiger partial charge in [0, 0.05) is 6.04 Å². The number of hydrogen-bond acceptors (Lipinski definition) is 2. The summed E-state index contributed by atoms with van der Waals surface area (Å²) < 4.78 is 0. The summed E-state index contributed by atoms with van der Waals surface area (Å²) in [4.78, 5) is 0. The molecule has 9 heavy (non-hydrogen) atoms. The van der Waals surface area contributed by atoms with E-state index in [-0.39, 0.29) is 0 Å². The molecule has 0 aromatic carbocycles. The van der Waals surface area contributed by atoms with Gasteiger partial charge in [-0.3, -0.25) is 5.32 Å². The minimum absolute atomic E-state index is 0.477. The van der Waals surface area contributed by atoms with Gasteiger partial charge in [-0.15, -0.1) is 0 Å². The Bertz CT molecular complexity index is 57.9. The highest BCUT2D eigenvalue weighted by atomic mass is 15.1. The lowest BCUT2D eigenvalue weighted by molar-refractivity contribution is 0.407. The van der Waals surface area contributed by atoms with Gasteiger partial charge in [0.1, 0.15) is 0 Å². The van der Waals surface area contributed by atoms with Crippen molar-refractivity contribution in [1.29, 1.82) is 0 Å². The summed E-state index contributed by atoms with van der Waals surface area (Å²) >= 11 is 0. The van der Waals surface area contributed by atoms with Crippen molar-refractivity contribution < 1.29 is 0 Å². The minimum atomic E-state index is 0.477. The van der Waals surface area contributed by atoms with Crippen molar-refractivity contribution in [2.24, 2.45) is 0 Å². The number of rotatable bonds is 4. The number of hydrogen-bond donors (Lipinski definition) is 2. The Morgan fingerprint density at radius 3 is 2.00 bits per heavy atom. The fourth-order valence-corrected chi connectivity index (χ4v) is 0.808. The molecule has 0 aromatic rings. The van der Waals surface area contributed by atoms with Crippen LogP contribution in [-0.4, -0.2) is 19.3 Å². The molecule has 0 saturated heterocycles. The molecule has 1 unspecified atom stereocenters. The molecular formula is C7H18N2. The third-order valence-electron chi connectivity index (χ3n) is 1.29. The van der Waals surface area contributed by atoms with E-state index >= 15 is 0 Å². The van der Waals surface area contributed by atoms with Crippen molar-refractivity contribution in [2.45, 2.75) is 39.4 Å². The van der Waals surface area contributed by atoms with Gasteiger partial charge in [0.25, 0.3) is 0 Å². The molecule has 0 rings (SSSR count). The largest absolute Gasteiger partial charge is 0.305 e. The van der Waals surface area contributed by atoms with E-state index in [0.717, 1.165) is 6.42 Å². The number of nitrogens with one attached hydrogen (secondary N) is 2. The van der Waals surface area contributed by atoms with Crippen LogP contribution in [-0.2, 0) is 0 Å². The highest BCUT2D eigenvalue weighted by molar-refractivity contribution is 4.61. The second-order valence-corrected chi connectivity index (χ2v) is 2.57. The first kappa shape index (κ1) is 8.92. The average molecular weight is 130 g/mol. The quantitative estimate of drug-likeness (QED) is 0.553. The van der Waals surface area contributed by atoms with Gasteiger partial charge < -0.3 is 5.32 Å². The lowest BCUT2D eigenvalue weighted by Crippen LogP contribution is -2.43. The Morgan fingerprint density at radius 1 is 1.33 bits per heavy atom. The Labute approximate surface area is 58.0 Å². The third-order valence-corrected chi connectivity index (χ3v) is 1.29. The molecule has 0 amide bonds. The standard InChI is InChI=1S/C7H18N2/c1-5-7(8-4)9-6(2)3/h6-9H,5H2,1-4H3. The Hall–Kier alpha value is -0.0800. The molecule has 0 aliphatic rings. The van der Waals surface area contributed by atoms with Crippen LogP contribution in [0, 0.1) is 0 Å². The van der Waals surface area contributed by atoms with E-state index in [4.69, 9.17) is 0 Å². The van der Waals surface area contributed by atoms with E-state index in [1.165, 1.54) is 0 Å². The molecule has 0 fully saturated rings. The van der Waals surface area contributed by atoms with E-state index in [0.29, 0.717) is 12.2 Å². The van der Waals surface area contributed by atoms with Crippen molar-refractivity contribution in [3.8, 4) is 0 Å². The van der Waals surface area contributed by atoms with Crippen LogP contribution in [0.25, 0.3) is 0 Å². The minimum Gasteiger partial charge on any atom is -0.305 e. The van der Waals surface area contributed by atoms with Crippen molar-refractivity contribution in [1.82, 2.24) is 10.6 Å². The van der Waals surface area contributed by atoms with Crippen molar-refractivity contribution in [3.05, 3.63) is 0 Å². The predicted octanol–water partition coefficient (Wildman–Crippen LogP) is 0.940. The van der Waals surface area contributed by atoms with Gasteiger partial charge in [-0.1, -0.05) is 6.92 Å². The summed E-state index contributed by atoms with van der Waals surface area (Å²) in [5.74, 6) is 0. The molecule has 0 aromatic heterocycles. The molecular weight excluding hydrogens is 112 g/mol. The topological polar surface area (TPSA) is 24.1 Å². The van der Waals surface area contributed by atoms with E-state index in [1.54, 1.807) is 0 Å². The van der Waals surface area contributed by atoms with Crippen LogP contribution >= 0.6 is 0 Å². The molecule has 1 atom stereocenters. The van der Waals surface area contributed by atoms with Crippen molar-refractivity contribution in [2.75, 3.05) is 7.05 Å². The zero-order valence-electron chi connectivity index (χ0n) is 6.86. The molecule has 0 bridgehead atoms. The zero-order chi connectivity index (χ0) is 7.28. The van der Waals surface area contributed by atoms with Gasteiger partial charge in [-0.25, -0.2) is 0 Å². The van der Waals surface area contributed by atoms with Crippen LogP contribution in [0.2, 0.25) is 0 Å². The molecule has 0 aliphatic carbocycles. The summed E-state index contributed by atoms with van der Waals surface area (Å²) in [7, 11) is 1.98. The summed E-state index contributed by atoms with van der Waals surface area (Å²) in [6.45, 7) is 6.47. The summed E-state index contributed by atoms with van der Waals surface area (Å²) in [6, 6.07) is 0.572. The Morgan fingerprint density at radius 2 is 1.89 bits per heavy atom. The smallest absolute Gasteiger partial charge is 0.0568 e. The van der Waals surface area contributed by atoms with Gasteiger partial charge in [0.05, 0.1) is 6.17 Å². The molecule has 56 valence electrons. The summed E-state index contributed by atoms with van der Waals surface area (Å²) in [6.07, 6.45) is 1.61. The van der Waals surface area contributed by atoms with E-state index in [1.807, 2.05) is 7.05 Å². The van der Waals surface area contributed by atoms with E-state index < -0.39 is 0 Å². The predicted molar refractivity (Wildman–Crippen MR) is 41.4 cm³/mol. The van der Waals surface area contributed by atoms with Crippen molar-refractivity contribution >= 4 is 0 Å². The first-order valence-electron chi connectivity index (χ1n) is 3.64. The van der Waals surface area contributed by atoms with Crippen LogP contribution in [0.15, 0.2) is 0 Å². The summed E-state index contributed by atoms with van der Waals surface area (Å²) in [5.41, 5.74) is 0. The van der Waals surface area contributed by atoms with E-state index in [9.17, 15) is 0 Å². The van der Waals surface area contributed by atoms with Gasteiger partial charge in [0.15, 0.2) is 0 Å². The van der Waals surface area contributed by atoms with E-state index in [2.05, 4.69) is 31.4 Å². The first-order valence-corrected chi connectivity index (χ1v) is 3.64. The molecule has 2 heteroatoms. The SMILES string of the molecule is CCC(NC)NC(C)C. The monoisotopic (exact) mass is 130 g/mol. The zero-order valence-corrected chi connectivity index (χ0v) is 6.86. The van der Waals surface area contributed by atoms with Crippen LogP contribution < -0.4 is 10.6 Å². The lowest BCUT2D eigenvalue weighted by Gasteiger charge is -2.18. The Balaban J connectivity index is 3.31. The van der Waals surface area contributed by atoms with Gasteiger partial charge in [0.2, 0.25) is 0 Å². The lowest BCUT2D eigenvalue weighted by atomic mass is 10.3. The first-order chi connectivity index (χ1) is 4.20. The highest BCUT2D eigenvalue weighted by Gasteiger charge is 2.01. The van der Waals surface area contributed by atoms with Crippen LogP contribution in [0.1, 0.15) is 27.2 Å². The Kier molecular flexibility index (Phi) is 4.72.